The normalized spacial score (nSPS) is 17.8. The average molecular weight is 469 g/mol. The van der Waals surface area contributed by atoms with Crippen LogP contribution in [0.25, 0.3) is 0 Å². The second kappa shape index (κ2) is 10.7. The van der Waals surface area contributed by atoms with Crippen molar-refractivity contribution in [3.8, 4) is 0 Å². The third kappa shape index (κ3) is 6.92. The van der Waals surface area contributed by atoms with Crippen LogP contribution in [-0.2, 0) is 14.4 Å². The van der Waals surface area contributed by atoms with Gasteiger partial charge in [-0.1, -0.05) is 11.8 Å². The van der Waals surface area contributed by atoms with Crippen molar-refractivity contribution in [2.75, 3.05) is 34.4 Å². The maximum Gasteiger partial charge on any atom is 0.234 e. The zero-order valence-electron chi connectivity index (χ0n) is 18.5. The number of carbonyl (C=O) groups is 3. The Bertz CT molecular complexity index is 994. The third-order valence-corrected chi connectivity index (χ3v) is 6.43. The summed E-state index contributed by atoms with van der Waals surface area (Å²) in [5, 5.41) is 17.8. The van der Waals surface area contributed by atoms with Gasteiger partial charge in [0.1, 0.15) is 5.03 Å². The van der Waals surface area contributed by atoms with E-state index in [1.54, 1.807) is 24.3 Å². The number of anilines is 3. The van der Waals surface area contributed by atoms with Crippen molar-refractivity contribution in [1.29, 1.82) is 0 Å². The van der Waals surface area contributed by atoms with Crippen LogP contribution >= 0.6 is 11.8 Å². The molecule has 2 aliphatic rings. The van der Waals surface area contributed by atoms with Crippen LogP contribution in [0.3, 0.4) is 0 Å². The Hall–Kier alpha value is -3.14. The number of nitrogens with one attached hydrogen (secondary N) is 3. The fraction of sp³-hybridized carbons (Fsp3) is 0.435. The lowest BCUT2D eigenvalue weighted by Crippen LogP contribution is -2.44. The Balaban J connectivity index is 1.24. The number of carbonyl (C=O) groups excluding carboxylic acids is 3. The zero-order valence-corrected chi connectivity index (χ0v) is 19.4. The number of rotatable bonds is 8. The number of aromatic nitrogens is 2. The summed E-state index contributed by atoms with van der Waals surface area (Å²) in [6.07, 6.45) is 4.04. The SMILES string of the molecule is CC(=O)Nc1ccc(NC(=O)CSc2ccc(N3CCC[C@@H](C(=O)NC4CC4)C3)nn2)cc1. The minimum absolute atomic E-state index is 0.00814. The largest absolute Gasteiger partial charge is 0.354 e. The van der Waals surface area contributed by atoms with Crippen molar-refractivity contribution in [2.24, 2.45) is 5.92 Å². The Morgan fingerprint density at radius 3 is 2.36 bits per heavy atom. The van der Waals surface area contributed by atoms with Gasteiger partial charge in [-0.05, 0) is 62.1 Å². The number of benzene rings is 1. The number of amides is 3. The molecule has 10 heteroatoms. The maximum absolute atomic E-state index is 12.4. The summed E-state index contributed by atoms with van der Waals surface area (Å²) < 4.78 is 0. The maximum atomic E-state index is 12.4. The average Bonchev–Trinajstić information content (AvgIpc) is 3.63. The number of nitrogens with zero attached hydrogens (tertiary/aromatic N) is 3. The number of thioether (sulfide) groups is 1. The lowest BCUT2D eigenvalue weighted by Gasteiger charge is -2.32. The summed E-state index contributed by atoms with van der Waals surface area (Å²) in [5.74, 6) is 0.804. The first-order valence-corrected chi connectivity index (χ1v) is 12.1. The molecule has 1 saturated heterocycles. The van der Waals surface area contributed by atoms with Crippen LogP contribution in [0.5, 0.6) is 0 Å². The lowest BCUT2D eigenvalue weighted by molar-refractivity contribution is -0.125. The minimum Gasteiger partial charge on any atom is -0.354 e. The second-order valence-corrected chi connectivity index (χ2v) is 9.39. The topological polar surface area (TPSA) is 116 Å². The smallest absolute Gasteiger partial charge is 0.234 e. The quantitative estimate of drug-likeness (QED) is 0.510. The number of piperidine rings is 1. The van der Waals surface area contributed by atoms with E-state index in [0.29, 0.717) is 29.0 Å². The van der Waals surface area contributed by atoms with Gasteiger partial charge in [0.25, 0.3) is 0 Å². The molecule has 33 heavy (non-hydrogen) atoms. The summed E-state index contributed by atoms with van der Waals surface area (Å²) in [5.41, 5.74) is 1.33. The molecule has 0 unspecified atom stereocenters. The van der Waals surface area contributed by atoms with Crippen molar-refractivity contribution < 1.29 is 14.4 Å². The van der Waals surface area contributed by atoms with E-state index in [0.717, 1.165) is 38.0 Å². The molecular formula is C23H28N6O3S. The van der Waals surface area contributed by atoms with Crippen LogP contribution in [0.15, 0.2) is 41.4 Å². The van der Waals surface area contributed by atoms with E-state index in [4.69, 9.17) is 0 Å². The van der Waals surface area contributed by atoms with Gasteiger partial charge in [0.2, 0.25) is 17.7 Å². The molecule has 174 valence electrons. The summed E-state index contributed by atoms with van der Waals surface area (Å²) >= 11 is 1.31. The monoisotopic (exact) mass is 468 g/mol. The van der Waals surface area contributed by atoms with Crippen molar-refractivity contribution in [2.45, 2.75) is 43.7 Å². The molecule has 1 saturated carbocycles. The highest BCUT2D eigenvalue weighted by molar-refractivity contribution is 7.99. The van der Waals surface area contributed by atoms with Gasteiger partial charge in [-0.15, -0.1) is 10.2 Å². The van der Waals surface area contributed by atoms with E-state index in [-0.39, 0.29) is 29.4 Å². The van der Waals surface area contributed by atoms with Crippen molar-refractivity contribution in [3.05, 3.63) is 36.4 Å². The molecule has 4 rings (SSSR count). The fourth-order valence-electron chi connectivity index (χ4n) is 3.68. The van der Waals surface area contributed by atoms with Gasteiger partial charge in [-0.3, -0.25) is 14.4 Å². The molecule has 1 aliphatic heterocycles. The first-order valence-electron chi connectivity index (χ1n) is 11.2. The number of hydrogen-bond donors (Lipinski definition) is 3. The van der Waals surface area contributed by atoms with Crippen molar-refractivity contribution in [3.63, 3.8) is 0 Å². The molecule has 0 spiro atoms. The first kappa shape index (κ1) is 23.0. The molecule has 3 amide bonds. The van der Waals surface area contributed by atoms with Crippen LogP contribution in [-0.4, -0.2) is 52.8 Å². The molecule has 2 aromatic rings. The molecule has 0 radical (unpaired) electrons. The Kier molecular flexibility index (Phi) is 7.43. The number of hydrogen-bond acceptors (Lipinski definition) is 7. The van der Waals surface area contributed by atoms with Gasteiger partial charge in [-0.2, -0.15) is 0 Å². The summed E-state index contributed by atoms with van der Waals surface area (Å²) in [6.45, 7) is 2.96. The van der Waals surface area contributed by atoms with Gasteiger partial charge in [0, 0.05) is 37.4 Å². The van der Waals surface area contributed by atoms with Crippen LogP contribution in [0.4, 0.5) is 17.2 Å². The highest BCUT2D eigenvalue weighted by Gasteiger charge is 2.30. The van der Waals surface area contributed by atoms with Crippen LogP contribution in [0.1, 0.15) is 32.6 Å². The zero-order chi connectivity index (χ0) is 23.2. The fourth-order valence-corrected chi connectivity index (χ4v) is 4.30. The van der Waals surface area contributed by atoms with Crippen LogP contribution in [0, 0.1) is 5.92 Å². The lowest BCUT2D eigenvalue weighted by atomic mass is 9.97. The molecule has 1 aliphatic carbocycles. The van der Waals surface area contributed by atoms with E-state index < -0.39 is 0 Å². The van der Waals surface area contributed by atoms with Gasteiger partial charge >= 0.3 is 0 Å². The molecule has 0 bridgehead atoms. The highest BCUT2D eigenvalue weighted by Crippen LogP contribution is 2.25. The Morgan fingerprint density at radius 1 is 1.00 bits per heavy atom. The van der Waals surface area contributed by atoms with Crippen LogP contribution in [0.2, 0.25) is 0 Å². The molecule has 2 heterocycles. The Morgan fingerprint density at radius 2 is 1.73 bits per heavy atom. The predicted molar refractivity (Wildman–Crippen MR) is 128 cm³/mol. The molecule has 3 N–H and O–H groups in total. The highest BCUT2D eigenvalue weighted by atomic mass is 32.2. The second-order valence-electron chi connectivity index (χ2n) is 8.39. The summed E-state index contributed by atoms with van der Waals surface area (Å²) in [7, 11) is 0. The molecule has 9 nitrogen and oxygen atoms in total. The van der Waals surface area contributed by atoms with E-state index in [1.807, 2.05) is 12.1 Å². The predicted octanol–water partition coefficient (Wildman–Crippen LogP) is 2.66. The molecular weight excluding hydrogens is 440 g/mol. The van der Waals surface area contributed by atoms with E-state index in [1.165, 1.54) is 18.7 Å². The minimum atomic E-state index is -0.154. The molecule has 2 fully saturated rings. The molecule has 1 aromatic carbocycles. The van der Waals surface area contributed by atoms with Gasteiger partial charge in [-0.25, -0.2) is 0 Å². The van der Waals surface area contributed by atoms with Gasteiger partial charge in [0.05, 0.1) is 11.7 Å². The standard InChI is InChI=1S/C23H28N6O3S/c1-15(30)24-17-4-6-18(7-5-17)25-21(31)14-33-22-11-10-20(27-28-22)29-12-2-3-16(13-29)23(32)26-19-8-9-19/h4-7,10-11,16,19H,2-3,8-9,12-14H2,1H3,(H,24,30)(H,25,31)(H,26,32)/t16-/m1/s1. The molecule has 1 atom stereocenters. The van der Waals surface area contributed by atoms with E-state index >= 15 is 0 Å². The van der Waals surface area contributed by atoms with E-state index in [9.17, 15) is 14.4 Å². The van der Waals surface area contributed by atoms with Gasteiger partial charge < -0.3 is 20.9 Å². The first-order chi connectivity index (χ1) is 16.0. The van der Waals surface area contributed by atoms with E-state index in [2.05, 4.69) is 31.0 Å². The Labute approximate surface area is 197 Å². The van der Waals surface area contributed by atoms with Gasteiger partial charge in [0.15, 0.2) is 5.82 Å². The molecule has 1 aromatic heterocycles. The van der Waals surface area contributed by atoms with Crippen molar-refractivity contribution >= 4 is 46.7 Å². The third-order valence-electron chi connectivity index (χ3n) is 5.51. The summed E-state index contributed by atoms with van der Waals surface area (Å²) in [6, 6.07) is 11.1. The van der Waals surface area contributed by atoms with Crippen molar-refractivity contribution in [1.82, 2.24) is 15.5 Å². The van der Waals surface area contributed by atoms with Crippen LogP contribution < -0.4 is 20.9 Å². The summed E-state index contributed by atoms with van der Waals surface area (Å²) in [4.78, 5) is 37.8.